The van der Waals surface area contributed by atoms with E-state index in [1.807, 2.05) is 0 Å². The van der Waals surface area contributed by atoms with Crippen LogP contribution >= 0.6 is 11.3 Å². The average Bonchev–Trinajstić information content (AvgIpc) is 2.87. The molecule has 3 aliphatic carbocycles. The number of rotatable bonds is 4. The van der Waals surface area contributed by atoms with Crippen LogP contribution in [0.25, 0.3) is 10.7 Å². The summed E-state index contributed by atoms with van der Waals surface area (Å²) in [4.78, 5) is 23.1. The van der Waals surface area contributed by atoms with E-state index in [1.54, 1.807) is 6.07 Å². The number of esters is 1. The van der Waals surface area contributed by atoms with Gasteiger partial charge in [-0.2, -0.15) is 5.10 Å². The van der Waals surface area contributed by atoms with Gasteiger partial charge < -0.3 is 4.74 Å². The third-order valence-electron chi connectivity index (χ3n) is 4.51. The van der Waals surface area contributed by atoms with Crippen molar-refractivity contribution in [3.8, 4) is 10.7 Å². The van der Waals surface area contributed by atoms with Crippen molar-refractivity contribution in [3.05, 3.63) is 27.5 Å². The summed E-state index contributed by atoms with van der Waals surface area (Å²) in [5.74, 6) is 0.367. The van der Waals surface area contributed by atoms with Crippen LogP contribution < -0.4 is 5.56 Å². The van der Waals surface area contributed by atoms with E-state index in [4.69, 9.17) is 0 Å². The predicted molar refractivity (Wildman–Crippen MR) is 78.4 cm³/mol. The Balaban J connectivity index is 1.63. The molecule has 0 N–H and O–H groups in total. The molecule has 3 fully saturated rings. The monoisotopic (exact) mass is 318 g/mol. The Morgan fingerprint density at radius 3 is 2.82 bits per heavy atom. The molecular weight excluding hydrogens is 304 g/mol. The van der Waals surface area contributed by atoms with E-state index in [0.29, 0.717) is 10.7 Å². The first-order valence-corrected chi connectivity index (χ1v) is 7.91. The summed E-state index contributed by atoms with van der Waals surface area (Å²) in [6.07, 6.45) is 3.66. The fourth-order valence-electron chi connectivity index (χ4n) is 3.14. The minimum absolute atomic E-state index is 0.208. The highest BCUT2D eigenvalue weighted by Crippen LogP contribution is 2.65. The highest BCUT2D eigenvalue weighted by Gasteiger charge is 2.59. The number of carbonyl (C=O) groups is 1. The minimum Gasteiger partial charge on any atom is -0.468 e. The van der Waals surface area contributed by atoms with Crippen LogP contribution in [0.4, 0.5) is 0 Å². The Morgan fingerprint density at radius 1 is 1.41 bits per heavy atom. The minimum atomic E-state index is -0.515. The topological polar surface area (TPSA) is 87.0 Å². The van der Waals surface area contributed by atoms with Gasteiger partial charge in [0.15, 0.2) is 5.01 Å². The molecule has 0 radical (unpaired) electrons. The van der Waals surface area contributed by atoms with Gasteiger partial charge in [0.25, 0.3) is 5.56 Å². The number of hydrogen-bond acceptors (Lipinski definition) is 7. The van der Waals surface area contributed by atoms with E-state index in [0.717, 1.165) is 15.6 Å². The molecule has 0 atom stereocenters. The summed E-state index contributed by atoms with van der Waals surface area (Å²) in [6.45, 7) is -0.208. The van der Waals surface area contributed by atoms with Crippen LogP contribution in [0.3, 0.4) is 0 Å². The molecule has 0 spiro atoms. The summed E-state index contributed by atoms with van der Waals surface area (Å²) in [6, 6.07) is 3.00. The molecule has 2 heterocycles. The van der Waals surface area contributed by atoms with Crippen molar-refractivity contribution in [2.45, 2.75) is 31.2 Å². The third-order valence-corrected chi connectivity index (χ3v) is 5.70. The van der Waals surface area contributed by atoms with Crippen molar-refractivity contribution in [1.29, 1.82) is 0 Å². The first kappa shape index (κ1) is 13.6. The Labute approximate surface area is 129 Å². The van der Waals surface area contributed by atoms with Gasteiger partial charge in [-0.25, -0.2) is 4.68 Å². The average molecular weight is 318 g/mol. The second-order valence-electron chi connectivity index (χ2n) is 5.96. The second-order valence-corrected chi connectivity index (χ2v) is 6.94. The van der Waals surface area contributed by atoms with Crippen LogP contribution in [0.2, 0.25) is 0 Å². The van der Waals surface area contributed by atoms with E-state index in [-0.39, 0.29) is 17.5 Å². The van der Waals surface area contributed by atoms with Crippen molar-refractivity contribution in [1.82, 2.24) is 20.0 Å². The molecule has 8 heteroatoms. The normalized spacial score (nSPS) is 25.2. The molecule has 0 amide bonds. The first-order valence-electron chi connectivity index (χ1n) is 7.09. The smallest absolute Gasteiger partial charge is 0.327 e. The lowest BCUT2D eigenvalue weighted by atomic mass is 9.45. The maximum atomic E-state index is 11.7. The van der Waals surface area contributed by atoms with Gasteiger partial charge in [-0.1, -0.05) is 11.3 Å². The van der Waals surface area contributed by atoms with Crippen LogP contribution in [0, 0.1) is 5.92 Å². The van der Waals surface area contributed by atoms with Gasteiger partial charge in [-0.05, 0) is 31.2 Å². The van der Waals surface area contributed by atoms with E-state index >= 15 is 0 Å². The summed E-state index contributed by atoms with van der Waals surface area (Å²) >= 11 is 1.53. The van der Waals surface area contributed by atoms with Crippen molar-refractivity contribution in [2.24, 2.45) is 5.92 Å². The molecule has 2 aromatic rings. The molecule has 3 aliphatic rings. The molecule has 7 nitrogen and oxygen atoms in total. The summed E-state index contributed by atoms with van der Waals surface area (Å²) in [7, 11) is 1.28. The maximum absolute atomic E-state index is 11.7. The maximum Gasteiger partial charge on any atom is 0.327 e. The molecule has 0 unspecified atom stereocenters. The zero-order valence-corrected chi connectivity index (χ0v) is 12.8. The quantitative estimate of drug-likeness (QED) is 0.781. The summed E-state index contributed by atoms with van der Waals surface area (Å²) in [5.41, 5.74) is 0.471. The first-order chi connectivity index (χ1) is 10.6. The van der Waals surface area contributed by atoms with E-state index in [9.17, 15) is 9.59 Å². The Kier molecular flexibility index (Phi) is 2.90. The SMILES string of the molecule is COC(=O)Cn1nc(-c2nnc(C34CC(C3)C4)s2)ccc1=O. The van der Waals surface area contributed by atoms with Crippen LogP contribution in [0.5, 0.6) is 0 Å². The molecule has 22 heavy (non-hydrogen) atoms. The van der Waals surface area contributed by atoms with Crippen molar-refractivity contribution >= 4 is 17.3 Å². The fourth-order valence-corrected chi connectivity index (χ4v) is 4.17. The number of aromatic nitrogens is 4. The Bertz CT molecular complexity index is 795. The van der Waals surface area contributed by atoms with Gasteiger partial charge >= 0.3 is 5.97 Å². The lowest BCUT2D eigenvalue weighted by molar-refractivity contribution is -0.141. The lowest BCUT2D eigenvalue weighted by Crippen LogP contribution is -2.55. The van der Waals surface area contributed by atoms with Crippen LogP contribution in [-0.4, -0.2) is 33.1 Å². The number of ether oxygens (including phenoxy) is 1. The van der Waals surface area contributed by atoms with Crippen LogP contribution in [-0.2, 0) is 21.5 Å². The van der Waals surface area contributed by atoms with Crippen molar-refractivity contribution in [3.63, 3.8) is 0 Å². The molecule has 3 saturated carbocycles. The van der Waals surface area contributed by atoms with Gasteiger partial charge in [0, 0.05) is 11.5 Å². The van der Waals surface area contributed by atoms with E-state index in [1.165, 1.54) is 43.8 Å². The highest BCUT2D eigenvalue weighted by molar-refractivity contribution is 7.14. The van der Waals surface area contributed by atoms with Crippen LogP contribution in [0.1, 0.15) is 24.3 Å². The van der Waals surface area contributed by atoms with Gasteiger partial charge in [0.05, 0.1) is 7.11 Å². The molecule has 2 aromatic heterocycles. The standard InChI is InChI=1S/C14H14N4O3S/c1-21-11(20)7-18-10(19)3-2-9(17-18)12-15-16-13(22-12)14-4-8(5-14)6-14/h2-3,8H,4-7H2,1H3. The largest absolute Gasteiger partial charge is 0.468 e. The number of nitrogens with zero attached hydrogens (tertiary/aromatic N) is 4. The van der Waals surface area contributed by atoms with E-state index < -0.39 is 5.97 Å². The molecule has 0 aliphatic heterocycles. The predicted octanol–water partition coefficient (Wildman–Crippen LogP) is 0.986. The molecule has 0 saturated heterocycles. The number of hydrogen-bond donors (Lipinski definition) is 0. The summed E-state index contributed by atoms with van der Waals surface area (Å²) < 4.78 is 5.65. The molecular formula is C14H14N4O3S. The van der Waals surface area contributed by atoms with Gasteiger partial charge in [-0.3, -0.25) is 9.59 Å². The van der Waals surface area contributed by atoms with Gasteiger partial charge in [-0.15, -0.1) is 10.2 Å². The summed E-state index contributed by atoms with van der Waals surface area (Å²) in [5, 5.41) is 14.4. The zero-order valence-electron chi connectivity index (χ0n) is 12.0. The molecule has 0 aromatic carbocycles. The van der Waals surface area contributed by atoms with Gasteiger partial charge in [0.2, 0.25) is 0 Å². The molecule has 2 bridgehead atoms. The third kappa shape index (κ3) is 1.98. The molecule has 5 rings (SSSR count). The van der Waals surface area contributed by atoms with Crippen LogP contribution in [0.15, 0.2) is 16.9 Å². The fraction of sp³-hybridized carbons (Fsp3) is 0.500. The Hall–Kier alpha value is -2.09. The van der Waals surface area contributed by atoms with E-state index in [2.05, 4.69) is 20.0 Å². The second kappa shape index (κ2) is 4.70. The Morgan fingerprint density at radius 2 is 2.18 bits per heavy atom. The highest BCUT2D eigenvalue weighted by atomic mass is 32.1. The van der Waals surface area contributed by atoms with Crippen molar-refractivity contribution in [2.75, 3.05) is 7.11 Å². The van der Waals surface area contributed by atoms with Gasteiger partial charge in [0.1, 0.15) is 17.2 Å². The zero-order chi connectivity index (χ0) is 15.3. The van der Waals surface area contributed by atoms with Crippen molar-refractivity contribution < 1.29 is 9.53 Å². The number of methoxy groups -OCH3 is 1. The lowest BCUT2D eigenvalue weighted by Gasteiger charge is -2.60. The molecule has 114 valence electrons. The number of carbonyl (C=O) groups excluding carboxylic acids is 1.